The van der Waals surface area contributed by atoms with E-state index in [1.165, 1.54) is 0 Å². The average Bonchev–Trinajstić information content (AvgIpc) is 3.58. The van der Waals surface area contributed by atoms with Crippen molar-refractivity contribution < 1.29 is 29.0 Å². The summed E-state index contributed by atoms with van der Waals surface area (Å²) in [6, 6.07) is 6.90. The molecule has 3 fully saturated rings. The zero-order chi connectivity index (χ0) is 30.4. The van der Waals surface area contributed by atoms with E-state index in [1.54, 1.807) is 22.0 Å². The van der Waals surface area contributed by atoms with Gasteiger partial charge < -0.3 is 29.3 Å². The maximum atomic E-state index is 14.6. The van der Waals surface area contributed by atoms with Crippen LogP contribution < -0.4 is 9.80 Å². The number of aliphatic hydroxyl groups excluding tert-OH is 1. The lowest BCUT2D eigenvalue weighted by Gasteiger charge is -2.37. The van der Waals surface area contributed by atoms with E-state index >= 15 is 0 Å². The molecule has 3 heterocycles. The van der Waals surface area contributed by atoms with Gasteiger partial charge in [0, 0.05) is 49.0 Å². The van der Waals surface area contributed by atoms with Gasteiger partial charge in [-0.05, 0) is 70.2 Å². The number of unbranched alkanes of at least 4 members (excludes halogenated alkanes) is 2. The topological polar surface area (TPSA) is 99.6 Å². The second kappa shape index (κ2) is 14.2. The molecule has 1 aromatic carbocycles. The van der Waals surface area contributed by atoms with Gasteiger partial charge in [0.2, 0.25) is 5.91 Å². The molecule has 3 saturated heterocycles. The van der Waals surface area contributed by atoms with Gasteiger partial charge in [-0.1, -0.05) is 28.1 Å². The molecule has 1 spiro atoms. The lowest BCUT2D eigenvalue weighted by atomic mass is 9.70. The van der Waals surface area contributed by atoms with Gasteiger partial charge in [-0.15, -0.1) is 13.2 Å². The van der Waals surface area contributed by atoms with Gasteiger partial charge in [0.05, 0.1) is 24.5 Å². The third-order valence-electron chi connectivity index (χ3n) is 8.77. The zero-order valence-electron chi connectivity index (χ0n) is 24.8. The molecule has 42 heavy (non-hydrogen) atoms. The first kappa shape index (κ1) is 32.2. The van der Waals surface area contributed by atoms with Crippen molar-refractivity contribution in [2.45, 2.75) is 68.5 Å². The number of amides is 2. The largest absolute Gasteiger partial charge is 0.465 e. The van der Waals surface area contributed by atoms with Crippen LogP contribution in [0.1, 0.15) is 46.0 Å². The number of carbonyl (C=O) groups is 3. The van der Waals surface area contributed by atoms with Crippen molar-refractivity contribution in [2.24, 2.45) is 11.8 Å². The summed E-state index contributed by atoms with van der Waals surface area (Å²) in [6.07, 6.45) is 5.67. The molecule has 230 valence electrons. The highest BCUT2D eigenvalue weighted by Gasteiger charge is 2.77. The van der Waals surface area contributed by atoms with E-state index < -0.39 is 35.6 Å². The van der Waals surface area contributed by atoms with E-state index in [0.717, 1.165) is 25.2 Å². The van der Waals surface area contributed by atoms with Crippen LogP contribution >= 0.6 is 15.9 Å². The molecule has 0 radical (unpaired) electrons. The van der Waals surface area contributed by atoms with E-state index in [-0.39, 0.29) is 42.9 Å². The smallest absolute Gasteiger partial charge is 0.312 e. The maximum Gasteiger partial charge on any atom is 0.312 e. The Morgan fingerprint density at radius 3 is 2.45 bits per heavy atom. The fourth-order valence-corrected chi connectivity index (χ4v) is 7.78. The summed E-state index contributed by atoms with van der Waals surface area (Å²) in [5, 5.41) is 9.43. The van der Waals surface area contributed by atoms with E-state index in [4.69, 9.17) is 9.47 Å². The molecule has 10 heteroatoms. The number of nitrogens with zero attached hydrogens (tertiary/aromatic N) is 3. The van der Waals surface area contributed by atoms with E-state index in [1.807, 2.05) is 24.3 Å². The molecule has 1 aromatic rings. The second-order valence-electron chi connectivity index (χ2n) is 11.2. The maximum absolute atomic E-state index is 14.6. The van der Waals surface area contributed by atoms with Crippen molar-refractivity contribution in [2.75, 3.05) is 49.2 Å². The molecule has 2 bridgehead atoms. The first-order valence-electron chi connectivity index (χ1n) is 15.1. The molecule has 1 N–H and O–H groups in total. The highest BCUT2D eigenvalue weighted by Crippen LogP contribution is 2.60. The minimum atomic E-state index is -1.17. The Kier molecular flexibility index (Phi) is 10.9. The predicted octanol–water partition coefficient (Wildman–Crippen LogP) is 4.08. The average molecular weight is 647 g/mol. The third-order valence-corrected chi connectivity index (χ3v) is 9.61. The van der Waals surface area contributed by atoms with Crippen molar-refractivity contribution in [1.29, 1.82) is 0 Å². The highest BCUT2D eigenvalue weighted by molar-refractivity contribution is 9.09. The highest BCUT2D eigenvalue weighted by atomic mass is 79.9. The number of ether oxygens (including phenoxy) is 2. The van der Waals surface area contributed by atoms with Crippen LogP contribution in [-0.4, -0.2) is 89.8 Å². The summed E-state index contributed by atoms with van der Waals surface area (Å²) in [6.45, 7) is 14.3. The van der Waals surface area contributed by atoms with Crippen LogP contribution in [0.5, 0.6) is 0 Å². The first-order valence-corrected chi connectivity index (χ1v) is 16.0. The number of halogens is 1. The van der Waals surface area contributed by atoms with Crippen molar-refractivity contribution >= 4 is 45.1 Å². The van der Waals surface area contributed by atoms with Crippen LogP contribution in [0.2, 0.25) is 0 Å². The summed E-state index contributed by atoms with van der Waals surface area (Å²) in [5.41, 5.74) is 0.585. The van der Waals surface area contributed by atoms with Crippen molar-refractivity contribution in [3.8, 4) is 0 Å². The number of carbonyl (C=O) groups excluding carboxylic acids is 3. The minimum absolute atomic E-state index is 0.0155. The van der Waals surface area contributed by atoms with Crippen LogP contribution in [0.15, 0.2) is 49.6 Å². The number of aliphatic hydroxyl groups is 1. The number of fused-ring (bicyclic) bond motifs is 1. The normalized spacial score (nSPS) is 27.6. The molecule has 2 amide bonds. The Morgan fingerprint density at radius 1 is 1.14 bits per heavy atom. The van der Waals surface area contributed by atoms with Crippen molar-refractivity contribution in [1.82, 2.24) is 4.90 Å². The van der Waals surface area contributed by atoms with Gasteiger partial charge in [0.25, 0.3) is 5.91 Å². The van der Waals surface area contributed by atoms with Gasteiger partial charge in [-0.2, -0.15) is 0 Å². The molecular formula is C32H44BrN3O6. The molecule has 3 unspecified atom stereocenters. The summed E-state index contributed by atoms with van der Waals surface area (Å²) < 4.78 is 12.2. The van der Waals surface area contributed by atoms with Gasteiger partial charge in [0.1, 0.15) is 11.6 Å². The molecule has 6 atom stereocenters. The number of rotatable bonds is 16. The predicted molar refractivity (Wildman–Crippen MR) is 167 cm³/mol. The molecule has 4 rings (SSSR count). The van der Waals surface area contributed by atoms with Crippen molar-refractivity contribution in [3.63, 3.8) is 0 Å². The van der Waals surface area contributed by atoms with Crippen LogP contribution in [0, 0.1) is 11.8 Å². The number of benzene rings is 1. The lowest BCUT2D eigenvalue weighted by molar-refractivity contribution is -0.155. The SMILES string of the molecule is C=CCCCOC(=O)[C@H]1[C@H]2C(=O)N(CCCCO)C(C(=O)N(CC=C)c3ccc(N(CC)CC)cc3)C23CC(Br)[C@@H]1O3. The summed E-state index contributed by atoms with van der Waals surface area (Å²) >= 11 is 3.70. The van der Waals surface area contributed by atoms with Gasteiger partial charge in [0.15, 0.2) is 0 Å². The summed E-state index contributed by atoms with van der Waals surface area (Å²) in [5.74, 6) is -2.63. The molecule has 3 aliphatic heterocycles. The van der Waals surface area contributed by atoms with Gasteiger partial charge >= 0.3 is 5.97 Å². The molecular weight excluding hydrogens is 602 g/mol. The first-order chi connectivity index (χ1) is 20.3. The molecule has 0 aliphatic carbocycles. The Bertz CT molecular complexity index is 1140. The number of likely N-dealkylation sites (tertiary alicyclic amines) is 1. The number of alkyl halides is 1. The molecule has 0 aromatic heterocycles. The second-order valence-corrected chi connectivity index (χ2v) is 12.3. The third kappa shape index (κ3) is 5.90. The Hall–Kier alpha value is -2.69. The number of anilines is 2. The Balaban J connectivity index is 1.69. The van der Waals surface area contributed by atoms with E-state index in [2.05, 4.69) is 47.8 Å². The summed E-state index contributed by atoms with van der Waals surface area (Å²) in [7, 11) is 0. The number of allylic oxidation sites excluding steroid dienone is 1. The fraction of sp³-hybridized carbons (Fsp3) is 0.594. The minimum Gasteiger partial charge on any atom is -0.465 e. The monoisotopic (exact) mass is 645 g/mol. The van der Waals surface area contributed by atoms with E-state index in [0.29, 0.717) is 31.4 Å². The number of hydrogen-bond acceptors (Lipinski definition) is 7. The molecule has 3 aliphatic rings. The molecule has 9 nitrogen and oxygen atoms in total. The van der Waals surface area contributed by atoms with Gasteiger partial charge in [-0.25, -0.2) is 0 Å². The lowest BCUT2D eigenvalue weighted by Crippen LogP contribution is -2.57. The van der Waals surface area contributed by atoms with Crippen LogP contribution in [0.25, 0.3) is 0 Å². The zero-order valence-corrected chi connectivity index (χ0v) is 26.3. The quantitative estimate of drug-likeness (QED) is 0.125. The number of hydrogen-bond donors (Lipinski definition) is 1. The molecule has 0 saturated carbocycles. The van der Waals surface area contributed by atoms with E-state index in [9.17, 15) is 19.5 Å². The standard InChI is InChI=1S/C32H44BrN3O6/c1-5-9-12-20-41-31(40)25-26-29(38)36(18-10-11-19-37)28(32(26)21-24(33)27(25)42-32)30(39)35(17-6-2)23-15-13-22(14-16-23)34(7-3)8-4/h5-6,13-16,24-28,37H,1-2,7-12,17-21H2,3-4H3/t24?,25-,26-,27-,28?,32?/m0/s1. The van der Waals surface area contributed by atoms with Crippen LogP contribution in [0.3, 0.4) is 0 Å². The number of esters is 1. The Labute approximate surface area is 257 Å². The Morgan fingerprint density at radius 2 is 1.83 bits per heavy atom. The van der Waals surface area contributed by atoms with Gasteiger partial charge in [-0.3, -0.25) is 14.4 Å². The summed E-state index contributed by atoms with van der Waals surface area (Å²) in [4.78, 5) is 47.4. The fourth-order valence-electron chi connectivity index (χ4n) is 6.84. The van der Waals surface area contributed by atoms with Crippen LogP contribution in [0.4, 0.5) is 11.4 Å². The van der Waals surface area contributed by atoms with Crippen LogP contribution in [-0.2, 0) is 23.9 Å². The van der Waals surface area contributed by atoms with Crippen molar-refractivity contribution in [3.05, 3.63) is 49.6 Å².